The lowest BCUT2D eigenvalue weighted by molar-refractivity contribution is -0.149. The predicted molar refractivity (Wildman–Crippen MR) is 82.3 cm³/mol. The summed E-state index contributed by atoms with van der Waals surface area (Å²) in [7, 11) is 0. The molecule has 1 N–H and O–H groups in total. The van der Waals surface area contributed by atoms with Gasteiger partial charge in [0, 0.05) is 30.1 Å². The van der Waals surface area contributed by atoms with Crippen LogP contribution in [-0.4, -0.2) is 22.6 Å². The number of aromatic nitrogens is 2. The number of ether oxygens (including phenoxy) is 2. The van der Waals surface area contributed by atoms with Crippen LogP contribution in [-0.2, 0) is 28.2 Å². The average Bonchev–Trinajstić information content (AvgIpc) is 3.15. The van der Waals surface area contributed by atoms with Crippen molar-refractivity contribution < 1.29 is 9.47 Å². The van der Waals surface area contributed by atoms with E-state index in [1.807, 2.05) is 19.1 Å². The molecule has 5 nitrogen and oxygen atoms in total. The van der Waals surface area contributed by atoms with Gasteiger partial charge in [-0.05, 0) is 18.6 Å². The molecular weight excluding hydrogens is 286 g/mol. The topological polar surface area (TPSA) is 56.3 Å². The van der Waals surface area contributed by atoms with Crippen LogP contribution in [0.3, 0.4) is 0 Å². The Morgan fingerprint density at radius 1 is 1.33 bits per heavy atom. The number of aryl methyl sites for hydroxylation is 1. The van der Waals surface area contributed by atoms with Gasteiger partial charge in [-0.2, -0.15) is 4.37 Å². The second kappa shape index (κ2) is 6.09. The summed E-state index contributed by atoms with van der Waals surface area (Å²) in [5.74, 6) is 0.269. The largest absolute Gasteiger partial charge is 0.356 e. The SMILES string of the molecule is CCc1nsc(NCc2cccc(C3(C)OCCO3)c2)n1. The van der Waals surface area contributed by atoms with Crippen molar-refractivity contribution in [2.45, 2.75) is 32.6 Å². The lowest BCUT2D eigenvalue weighted by atomic mass is 10.0. The van der Waals surface area contributed by atoms with Crippen LogP contribution in [0, 0.1) is 0 Å². The van der Waals surface area contributed by atoms with E-state index in [1.165, 1.54) is 17.1 Å². The van der Waals surface area contributed by atoms with Crippen molar-refractivity contribution in [1.82, 2.24) is 9.36 Å². The molecule has 112 valence electrons. The van der Waals surface area contributed by atoms with Gasteiger partial charge in [0.15, 0.2) is 5.79 Å². The van der Waals surface area contributed by atoms with Gasteiger partial charge in [0.1, 0.15) is 5.82 Å². The maximum atomic E-state index is 5.70. The molecule has 1 aliphatic heterocycles. The normalized spacial score (nSPS) is 17.0. The summed E-state index contributed by atoms with van der Waals surface area (Å²) >= 11 is 1.40. The molecule has 0 atom stereocenters. The number of rotatable bonds is 5. The molecular formula is C15H19N3O2S. The van der Waals surface area contributed by atoms with E-state index in [1.54, 1.807) is 0 Å². The van der Waals surface area contributed by atoms with E-state index in [0.29, 0.717) is 19.8 Å². The van der Waals surface area contributed by atoms with Gasteiger partial charge in [-0.3, -0.25) is 0 Å². The predicted octanol–water partition coefficient (Wildman–Crippen LogP) is 2.93. The molecule has 0 saturated carbocycles. The van der Waals surface area contributed by atoms with Crippen LogP contribution in [0.1, 0.15) is 30.8 Å². The molecule has 2 aromatic rings. The van der Waals surface area contributed by atoms with Gasteiger partial charge in [0.2, 0.25) is 5.13 Å². The first kappa shape index (κ1) is 14.4. The summed E-state index contributed by atoms with van der Waals surface area (Å²) in [6, 6.07) is 8.26. The zero-order valence-corrected chi connectivity index (χ0v) is 13.1. The lowest BCUT2D eigenvalue weighted by Crippen LogP contribution is -2.22. The molecule has 1 fully saturated rings. The standard InChI is InChI=1S/C15H19N3O2S/c1-3-13-17-14(21-18-13)16-10-11-5-4-6-12(9-11)15(2)19-7-8-20-15/h4-6,9H,3,7-8,10H2,1-2H3,(H,16,17,18). The lowest BCUT2D eigenvalue weighted by Gasteiger charge is -2.23. The van der Waals surface area contributed by atoms with Gasteiger partial charge in [-0.1, -0.05) is 25.1 Å². The van der Waals surface area contributed by atoms with Crippen LogP contribution in [0.25, 0.3) is 0 Å². The van der Waals surface area contributed by atoms with E-state index in [0.717, 1.165) is 22.9 Å². The van der Waals surface area contributed by atoms with Crippen LogP contribution in [0.5, 0.6) is 0 Å². The van der Waals surface area contributed by atoms with E-state index in [9.17, 15) is 0 Å². The Morgan fingerprint density at radius 2 is 2.14 bits per heavy atom. The summed E-state index contributed by atoms with van der Waals surface area (Å²) in [5.41, 5.74) is 2.21. The third-order valence-corrected chi connectivity index (χ3v) is 4.23. The molecule has 21 heavy (non-hydrogen) atoms. The minimum absolute atomic E-state index is 0.617. The minimum Gasteiger partial charge on any atom is -0.356 e. The van der Waals surface area contributed by atoms with Crippen molar-refractivity contribution >= 4 is 16.7 Å². The van der Waals surface area contributed by atoms with E-state index in [4.69, 9.17) is 9.47 Å². The molecule has 1 aromatic carbocycles. The van der Waals surface area contributed by atoms with Gasteiger partial charge in [0.25, 0.3) is 0 Å². The third-order valence-electron chi connectivity index (χ3n) is 3.52. The molecule has 6 heteroatoms. The number of hydrogen-bond donors (Lipinski definition) is 1. The minimum atomic E-state index is -0.617. The maximum Gasteiger partial charge on any atom is 0.202 e. The van der Waals surface area contributed by atoms with E-state index < -0.39 is 5.79 Å². The highest BCUT2D eigenvalue weighted by molar-refractivity contribution is 7.09. The fourth-order valence-electron chi connectivity index (χ4n) is 2.29. The van der Waals surface area contributed by atoms with Crippen LogP contribution >= 0.6 is 11.5 Å². The fourth-order valence-corrected chi connectivity index (χ4v) is 2.94. The Morgan fingerprint density at radius 3 is 2.86 bits per heavy atom. The molecule has 1 saturated heterocycles. The van der Waals surface area contributed by atoms with Crippen molar-refractivity contribution in [2.75, 3.05) is 18.5 Å². The quantitative estimate of drug-likeness (QED) is 0.920. The highest BCUT2D eigenvalue weighted by Gasteiger charge is 2.33. The second-order valence-corrected chi connectivity index (χ2v) is 5.82. The highest BCUT2D eigenvalue weighted by Crippen LogP contribution is 2.31. The van der Waals surface area contributed by atoms with Gasteiger partial charge in [-0.15, -0.1) is 0 Å². The average molecular weight is 305 g/mol. The molecule has 0 spiro atoms. The number of nitrogens with one attached hydrogen (secondary N) is 1. The molecule has 3 rings (SSSR count). The third kappa shape index (κ3) is 3.23. The molecule has 1 aromatic heterocycles. The van der Waals surface area contributed by atoms with Crippen LogP contribution in [0.2, 0.25) is 0 Å². The smallest absolute Gasteiger partial charge is 0.202 e. The highest BCUT2D eigenvalue weighted by atomic mass is 32.1. The van der Waals surface area contributed by atoms with Crippen molar-refractivity contribution in [2.24, 2.45) is 0 Å². The zero-order chi connectivity index (χ0) is 14.7. The van der Waals surface area contributed by atoms with E-state index in [2.05, 4.69) is 33.7 Å². The molecule has 0 bridgehead atoms. The monoisotopic (exact) mass is 305 g/mol. The van der Waals surface area contributed by atoms with Crippen molar-refractivity contribution in [3.8, 4) is 0 Å². The Labute approximate surface area is 128 Å². The van der Waals surface area contributed by atoms with E-state index in [-0.39, 0.29) is 0 Å². The summed E-state index contributed by atoms with van der Waals surface area (Å²) in [4.78, 5) is 4.40. The first-order valence-electron chi connectivity index (χ1n) is 7.13. The number of hydrogen-bond acceptors (Lipinski definition) is 6. The van der Waals surface area contributed by atoms with Crippen LogP contribution in [0.15, 0.2) is 24.3 Å². The van der Waals surface area contributed by atoms with E-state index >= 15 is 0 Å². The van der Waals surface area contributed by atoms with Crippen molar-refractivity contribution in [3.05, 3.63) is 41.2 Å². The van der Waals surface area contributed by atoms with Crippen LogP contribution < -0.4 is 5.32 Å². The first-order valence-corrected chi connectivity index (χ1v) is 7.91. The summed E-state index contributed by atoms with van der Waals surface area (Å²) < 4.78 is 15.7. The first-order chi connectivity index (χ1) is 10.2. The van der Waals surface area contributed by atoms with Gasteiger partial charge >= 0.3 is 0 Å². The van der Waals surface area contributed by atoms with Crippen molar-refractivity contribution in [1.29, 1.82) is 0 Å². The van der Waals surface area contributed by atoms with Gasteiger partial charge in [-0.25, -0.2) is 4.98 Å². The molecule has 1 aliphatic rings. The Bertz CT molecular complexity index is 608. The Balaban J connectivity index is 1.68. The number of nitrogens with zero attached hydrogens (tertiary/aromatic N) is 2. The molecule has 0 aliphatic carbocycles. The number of anilines is 1. The Kier molecular flexibility index (Phi) is 4.19. The molecule has 2 heterocycles. The number of benzene rings is 1. The Hall–Kier alpha value is -1.50. The molecule has 0 amide bonds. The van der Waals surface area contributed by atoms with Crippen LogP contribution in [0.4, 0.5) is 5.13 Å². The molecule has 0 unspecified atom stereocenters. The summed E-state index contributed by atoms with van der Waals surface area (Å²) in [6.45, 7) is 6.01. The fraction of sp³-hybridized carbons (Fsp3) is 0.467. The second-order valence-electron chi connectivity index (χ2n) is 5.07. The van der Waals surface area contributed by atoms with Gasteiger partial charge in [0.05, 0.1) is 13.2 Å². The summed E-state index contributed by atoms with van der Waals surface area (Å²) in [5, 5.41) is 4.17. The maximum absolute atomic E-state index is 5.70. The summed E-state index contributed by atoms with van der Waals surface area (Å²) in [6.07, 6.45) is 0.862. The molecule has 0 radical (unpaired) electrons. The van der Waals surface area contributed by atoms with Gasteiger partial charge < -0.3 is 14.8 Å². The zero-order valence-electron chi connectivity index (χ0n) is 12.3. The van der Waals surface area contributed by atoms with Crippen molar-refractivity contribution in [3.63, 3.8) is 0 Å².